The average molecular weight is 397 g/mol. The summed E-state index contributed by atoms with van der Waals surface area (Å²) in [4.78, 5) is 17.3. The van der Waals surface area contributed by atoms with Gasteiger partial charge in [-0.15, -0.1) is 0 Å². The Morgan fingerprint density at radius 3 is 2.31 bits per heavy atom. The van der Waals surface area contributed by atoms with Crippen molar-refractivity contribution in [1.82, 2.24) is 10.3 Å². The first kappa shape index (κ1) is 20.3. The summed E-state index contributed by atoms with van der Waals surface area (Å²) < 4.78 is 13.8. The van der Waals surface area contributed by atoms with Gasteiger partial charge in [0, 0.05) is 22.5 Å². The van der Waals surface area contributed by atoms with E-state index < -0.39 is 0 Å². The van der Waals surface area contributed by atoms with Crippen molar-refractivity contribution in [1.29, 1.82) is 0 Å². The molecule has 156 valence electrons. The number of amides is 1. The summed E-state index contributed by atoms with van der Waals surface area (Å²) in [6, 6.07) is 6.97. The van der Waals surface area contributed by atoms with Crippen LogP contribution in [0.3, 0.4) is 0 Å². The first-order valence-electron chi connectivity index (χ1n) is 10.9. The second-order valence-electron chi connectivity index (χ2n) is 10.8. The van der Waals surface area contributed by atoms with Crippen LogP contribution >= 0.6 is 0 Å². The molecule has 2 saturated carbocycles. The number of nitrogens with one attached hydrogen (secondary N) is 1. The highest BCUT2D eigenvalue weighted by Gasteiger charge is 2.49. The van der Waals surface area contributed by atoms with Crippen molar-refractivity contribution in [2.24, 2.45) is 23.2 Å². The minimum atomic E-state index is -0.348. The lowest BCUT2D eigenvalue weighted by atomic mass is 9.74. The van der Waals surface area contributed by atoms with Gasteiger partial charge in [-0.2, -0.15) is 0 Å². The fraction of sp³-hybridized carbons (Fsp3) is 0.600. The maximum Gasteiger partial charge on any atom is 0.226 e. The summed E-state index contributed by atoms with van der Waals surface area (Å²) in [6.45, 7) is 10.3. The number of hydrogen-bond acceptors (Lipinski definition) is 2. The van der Waals surface area contributed by atoms with E-state index in [4.69, 9.17) is 0 Å². The molecule has 2 aromatic rings. The Morgan fingerprint density at radius 2 is 1.69 bits per heavy atom. The number of fused-ring (bicyclic) bond motifs is 2. The summed E-state index contributed by atoms with van der Waals surface area (Å²) in [5.41, 5.74) is 1.56. The van der Waals surface area contributed by atoms with Crippen molar-refractivity contribution in [3.63, 3.8) is 0 Å². The lowest BCUT2D eigenvalue weighted by Gasteiger charge is -2.34. The number of aromatic nitrogens is 1. The fourth-order valence-electron chi connectivity index (χ4n) is 5.64. The predicted molar refractivity (Wildman–Crippen MR) is 115 cm³/mol. The molecule has 2 fully saturated rings. The van der Waals surface area contributed by atoms with Crippen molar-refractivity contribution in [3.05, 3.63) is 41.8 Å². The van der Waals surface area contributed by atoms with Gasteiger partial charge >= 0.3 is 0 Å². The third-order valence-corrected chi connectivity index (χ3v) is 7.29. The number of benzene rings is 1. The number of pyridine rings is 1. The number of halogens is 1. The summed E-state index contributed by atoms with van der Waals surface area (Å²) in [6.07, 6.45) is 6.35. The van der Waals surface area contributed by atoms with Crippen LogP contribution in [0.4, 0.5) is 4.39 Å². The lowest BCUT2D eigenvalue weighted by Crippen LogP contribution is -2.49. The SMILES string of the molecule is CC(C)(C)NC(=O)C(C)(C)C1C[C@H]2CC(c3ccnc4ccc(F)cc34)C[C@H]2C1. The van der Waals surface area contributed by atoms with Crippen LogP contribution in [0.5, 0.6) is 0 Å². The Balaban J connectivity index is 1.48. The van der Waals surface area contributed by atoms with Gasteiger partial charge in [0.15, 0.2) is 0 Å². The van der Waals surface area contributed by atoms with Crippen molar-refractivity contribution in [2.75, 3.05) is 0 Å². The zero-order valence-corrected chi connectivity index (χ0v) is 18.3. The lowest BCUT2D eigenvalue weighted by molar-refractivity contribution is -0.133. The number of nitrogens with zero attached hydrogens (tertiary/aromatic N) is 1. The van der Waals surface area contributed by atoms with E-state index in [-0.39, 0.29) is 22.7 Å². The standard InChI is InChI=1S/C25H33FN2O/c1-24(2,3)28-23(29)25(4,5)18-12-15-10-17(11-16(15)13-18)20-8-9-27-22-7-6-19(26)14-21(20)22/h6-9,14-18H,10-13H2,1-5H3,(H,28,29)/t15-,16+,17?,18?. The van der Waals surface area contributed by atoms with Crippen LogP contribution < -0.4 is 5.32 Å². The fourth-order valence-corrected chi connectivity index (χ4v) is 5.64. The van der Waals surface area contributed by atoms with Crippen molar-refractivity contribution < 1.29 is 9.18 Å². The summed E-state index contributed by atoms with van der Waals surface area (Å²) in [7, 11) is 0. The highest BCUT2D eigenvalue weighted by atomic mass is 19.1. The van der Waals surface area contributed by atoms with Gasteiger partial charge in [-0.1, -0.05) is 13.8 Å². The van der Waals surface area contributed by atoms with Crippen molar-refractivity contribution in [3.8, 4) is 0 Å². The molecule has 0 bridgehead atoms. The van der Waals surface area contributed by atoms with Gasteiger partial charge in [0.2, 0.25) is 5.91 Å². The smallest absolute Gasteiger partial charge is 0.226 e. The third-order valence-electron chi connectivity index (χ3n) is 7.29. The molecule has 4 atom stereocenters. The van der Waals surface area contributed by atoms with Crippen LogP contribution in [0.15, 0.2) is 30.5 Å². The molecular formula is C25H33FN2O. The van der Waals surface area contributed by atoms with Gasteiger partial charge < -0.3 is 5.32 Å². The van der Waals surface area contributed by atoms with E-state index >= 15 is 0 Å². The molecule has 29 heavy (non-hydrogen) atoms. The molecular weight excluding hydrogens is 363 g/mol. The molecule has 1 N–H and O–H groups in total. The zero-order chi connectivity index (χ0) is 21.0. The topological polar surface area (TPSA) is 42.0 Å². The molecule has 0 saturated heterocycles. The molecule has 1 aromatic heterocycles. The monoisotopic (exact) mass is 396 g/mol. The Kier molecular flexibility index (Phi) is 4.95. The number of carbonyl (C=O) groups is 1. The van der Waals surface area contributed by atoms with Gasteiger partial charge in [-0.05, 0) is 100.0 Å². The molecule has 2 aliphatic rings. The Bertz CT molecular complexity index is 916. The van der Waals surface area contributed by atoms with E-state index in [0.717, 1.165) is 36.6 Å². The minimum Gasteiger partial charge on any atom is -0.351 e. The van der Waals surface area contributed by atoms with E-state index in [1.807, 2.05) is 27.0 Å². The van der Waals surface area contributed by atoms with Gasteiger partial charge in [0.05, 0.1) is 5.52 Å². The number of rotatable bonds is 3. The first-order chi connectivity index (χ1) is 13.5. The Hall–Kier alpha value is -1.97. The molecule has 3 nitrogen and oxygen atoms in total. The van der Waals surface area contributed by atoms with Crippen molar-refractivity contribution in [2.45, 2.75) is 71.8 Å². The molecule has 0 radical (unpaired) electrons. The van der Waals surface area contributed by atoms with E-state index in [1.165, 1.54) is 11.6 Å². The molecule has 2 unspecified atom stereocenters. The van der Waals surface area contributed by atoms with Crippen molar-refractivity contribution >= 4 is 16.8 Å². The van der Waals surface area contributed by atoms with E-state index in [2.05, 4.69) is 30.2 Å². The van der Waals surface area contributed by atoms with Crippen LogP contribution in [0.25, 0.3) is 10.9 Å². The Labute approximate surface area is 173 Å². The molecule has 4 rings (SSSR count). The minimum absolute atomic E-state index is 0.169. The average Bonchev–Trinajstić information content (AvgIpc) is 3.19. The van der Waals surface area contributed by atoms with Gasteiger partial charge in [-0.3, -0.25) is 9.78 Å². The molecule has 1 aromatic carbocycles. The van der Waals surface area contributed by atoms with Gasteiger partial charge in [0.1, 0.15) is 5.82 Å². The quantitative estimate of drug-likeness (QED) is 0.709. The van der Waals surface area contributed by atoms with Crippen LogP contribution in [0.1, 0.15) is 71.8 Å². The van der Waals surface area contributed by atoms with Gasteiger partial charge in [0.25, 0.3) is 0 Å². The zero-order valence-electron chi connectivity index (χ0n) is 18.3. The normalized spacial score (nSPS) is 27.2. The maximum atomic E-state index is 13.8. The second-order valence-corrected chi connectivity index (χ2v) is 10.8. The molecule has 2 aliphatic carbocycles. The first-order valence-corrected chi connectivity index (χ1v) is 10.9. The molecule has 1 heterocycles. The second kappa shape index (κ2) is 7.07. The third kappa shape index (κ3) is 3.91. The Morgan fingerprint density at radius 1 is 1.03 bits per heavy atom. The van der Waals surface area contributed by atoms with E-state index in [9.17, 15) is 9.18 Å². The molecule has 4 heteroatoms. The highest BCUT2D eigenvalue weighted by Crippen LogP contribution is 2.56. The maximum absolute atomic E-state index is 13.8. The van der Waals surface area contributed by atoms with Gasteiger partial charge in [-0.25, -0.2) is 4.39 Å². The predicted octanol–water partition coefficient (Wildman–Crippen LogP) is 5.83. The number of hydrogen-bond donors (Lipinski definition) is 1. The number of carbonyl (C=O) groups excluding carboxylic acids is 1. The summed E-state index contributed by atoms with van der Waals surface area (Å²) in [5, 5.41) is 4.14. The highest BCUT2D eigenvalue weighted by molar-refractivity contribution is 5.83. The summed E-state index contributed by atoms with van der Waals surface area (Å²) >= 11 is 0. The van der Waals surface area contributed by atoms with Crippen LogP contribution in [-0.2, 0) is 4.79 Å². The van der Waals surface area contributed by atoms with E-state index in [0.29, 0.717) is 23.7 Å². The van der Waals surface area contributed by atoms with Crippen LogP contribution in [0.2, 0.25) is 0 Å². The molecule has 0 aliphatic heterocycles. The largest absolute Gasteiger partial charge is 0.351 e. The molecule has 0 spiro atoms. The van der Waals surface area contributed by atoms with Crippen LogP contribution in [-0.4, -0.2) is 16.4 Å². The molecule has 1 amide bonds. The van der Waals surface area contributed by atoms with Crippen LogP contribution in [0, 0.1) is 29.0 Å². The summed E-state index contributed by atoms with van der Waals surface area (Å²) in [5.74, 6) is 2.17. The van der Waals surface area contributed by atoms with E-state index in [1.54, 1.807) is 12.1 Å².